The Morgan fingerprint density at radius 3 is 2.68 bits per heavy atom. The van der Waals surface area contributed by atoms with E-state index in [9.17, 15) is 5.11 Å². The molecule has 0 aromatic carbocycles. The summed E-state index contributed by atoms with van der Waals surface area (Å²) in [4.78, 5) is 0. The van der Waals surface area contributed by atoms with Gasteiger partial charge in [-0.05, 0) is 62.2 Å². The van der Waals surface area contributed by atoms with Crippen molar-refractivity contribution in [3.8, 4) is 0 Å². The molecule has 0 saturated heterocycles. The molecule has 0 aliphatic heterocycles. The van der Waals surface area contributed by atoms with Gasteiger partial charge in [-0.15, -0.1) is 0 Å². The number of aliphatic hydroxyl groups is 1. The Kier molecular flexibility index (Phi) is 4.31. The lowest BCUT2D eigenvalue weighted by molar-refractivity contribution is 0.0860. The molecule has 5 atom stereocenters. The summed E-state index contributed by atoms with van der Waals surface area (Å²) in [5.41, 5.74) is 5.12. The van der Waals surface area contributed by atoms with Crippen molar-refractivity contribution < 1.29 is 5.11 Å². The largest absolute Gasteiger partial charge is 0.392 e. The van der Waals surface area contributed by atoms with Crippen LogP contribution in [0.4, 0.5) is 0 Å². The maximum atomic E-state index is 10.9. The van der Waals surface area contributed by atoms with Crippen LogP contribution >= 0.6 is 0 Å². The van der Waals surface area contributed by atoms with E-state index in [1.165, 1.54) is 32.1 Å². The average Bonchev–Trinajstić information content (AvgIpc) is 2.99. The Morgan fingerprint density at radius 2 is 2.05 bits per heavy atom. The van der Waals surface area contributed by atoms with Crippen molar-refractivity contribution >= 4 is 0 Å². The van der Waals surface area contributed by atoms with Gasteiger partial charge in [-0.25, -0.2) is 0 Å². The second-order valence-electron chi connectivity index (χ2n) is 8.64. The van der Waals surface area contributed by atoms with Crippen molar-refractivity contribution in [2.75, 3.05) is 0 Å². The summed E-state index contributed by atoms with van der Waals surface area (Å²) in [5, 5.41) is 10.9. The Bertz CT molecular complexity index is 498. The maximum Gasteiger partial charge on any atom is 0.0608 e. The van der Waals surface area contributed by atoms with Crippen LogP contribution in [-0.4, -0.2) is 11.2 Å². The Balaban J connectivity index is 2.10. The molecule has 0 aromatic heterocycles. The molecule has 0 radical (unpaired) electrons. The van der Waals surface area contributed by atoms with Crippen molar-refractivity contribution in [3.05, 3.63) is 22.8 Å². The number of aliphatic hydroxyl groups excluding tert-OH is 1. The summed E-state index contributed by atoms with van der Waals surface area (Å²) >= 11 is 0. The quantitative estimate of drug-likeness (QED) is 0.667. The molecule has 1 fully saturated rings. The zero-order valence-electron chi connectivity index (χ0n) is 15.2. The molecule has 1 heteroatoms. The molecule has 3 aliphatic carbocycles. The van der Waals surface area contributed by atoms with Gasteiger partial charge in [0.15, 0.2) is 0 Å². The van der Waals surface area contributed by atoms with Gasteiger partial charge >= 0.3 is 0 Å². The molecule has 1 N–H and O–H groups in total. The van der Waals surface area contributed by atoms with Crippen LogP contribution < -0.4 is 0 Å². The van der Waals surface area contributed by atoms with E-state index in [-0.39, 0.29) is 11.5 Å². The van der Waals surface area contributed by atoms with Gasteiger partial charge in [0, 0.05) is 5.41 Å². The van der Waals surface area contributed by atoms with Gasteiger partial charge in [0.2, 0.25) is 0 Å². The molecule has 5 unspecified atom stereocenters. The van der Waals surface area contributed by atoms with E-state index in [0.717, 1.165) is 12.3 Å². The first-order chi connectivity index (χ1) is 10.4. The normalized spacial score (nSPS) is 44.4. The standard InChI is InChI=1S/C21H34O/c1-6-15-7-8-17-14(4)20(22)11-19-16(13(2)3)9-10-21(19,5)12-18(15)17/h12-15,17,20,22H,6-11H2,1-5H3/b18-12-. The molecule has 0 heterocycles. The third kappa shape index (κ3) is 2.50. The van der Waals surface area contributed by atoms with Crippen molar-refractivity contribution in [3.63, 3.8) is 0 Å². The number of rotatable bonds is 2. The third-order valence-electron chi connectivity index (χ3n) is 7.05. The van der Waals surface area contributed by atoms with Crippen LogP contribution in [0.5, 0.6) is 0 Å². The average molecular weight is 303 g/mol. The molecule has 0 spiro atoms. The molecule has 3 rings (SSSR count). The first-order valence-electron chi connectivity index (χ1n) is 9.50. The predicted molar refractivity (Wildman–Crippen MR) is 93.6 cm³/mol. The summed E-state index contributed by atoms with van der Waals surface area (Å²) in [6.45, 7) is 11.7. The second kappa shape index (κ2) is 5.82. The zero-order chi connectivity index (χ0) is 16.1. The summed E-state index contributed by atoms with van der Waals surface area (Å²) in [5.74, 6) is 2.42. The van der Waals surface area contributed by atoms with Crippen LogP contribution in [0.2, 0.25) is 0 Å². The van der Waals surface area contributed by atoms with Gasteiger partial charge in [0.05, 0.1) is 6.10 Å². The fourth-order valence-electron chi connectivity index (χ4n) is 5.50. The molecule has 1 nitrogen and oxygen atoms in total. The summed E-state index contributed by atoms with van der Waals surface area (Å²) in [6, 6.07) is 0. The smallest absolute Gasteiger partial charge is 0.0608 e. The van der Waals surface area contributed by atoms with Crippen LogP contribution in [0.1, 0.15) is 73.1 Å². The number of fused-ring (bicyclic) bond motifs is 2. The summed E-state index contributed by atoms with van der Waals surface area (Å²) in [6.07, 6.45) is 9.78. The van der Waals surface area contributed by atoms with Crippen LogP contribution in [0.25, 0.3) is 0 Å². The minimum Gasteiger partial charge on any atom is -0.392 e. The molecule has 1 saturated carbocycles. The summed E-state index contributed by atoms with van der Waals surface area (Å²) < 4.78 is 0. The van der Waals surface area contributed by atoms with E-state index in [0.29, 0.717) is 17.8 Å². The van der Waals surface area contributed by atoms with Crippen molar-refractivity contribution in [1.82, 2.24) is 0 Å². The fraction of sp³-hybridized carbons (Fsp3) is 0.810. The van der Waals surface area contributed by atoms with Crippen LogP contribution in [0.15, 0.2) is 22.8 Å². The third-order valence-corrected chi connectivity index (χ3v) is 7.05. The topological polar surface area (TPSA) is 20.2 Å². The Labute approximate surface area is 136 Å². The minimum atomic E-state index is -0.162. The fourth-order valence-corrected chi connectivity index (χ4v) is 5.50. The van der Waals surface area contributed by atoms with Crippen molar-refractivity contribution in [2.45, 2.75) is 79.2 Å². The first-order valence-corrected chi connectivity index (χ1v) is 9.50. The summed E-state index contributed by atoms with van der Waals surface area (Å²) in [7, 11) is 0. The zero-order valence-corrected chi connectivity index (χ0v) is 15.2. The van der Waals surface area contributed by atoms with Gasteiger partial charge in [-0.2, -0.15) is 0 Å². The van der Waals surface area contributed by atoms with E-state index in [2.05, 4.69) is 40.7 Å². The number of hydrogen-bond acceptors (Lipinski definition) is 1. The molecule has 0 bridgehead atoms. The molecule has 0 amide bonds. The van der Waals surface area contributed by atoms with Crippen molar-refractivity contribution in [2.24, 2.45) is 29.1 Å². The van der Waals surface area contributed by atoms with Crippen LogP contribution in [0.3, 0.4) is 0 Å². The maximum absolute atomic E-state index is 10.9. The highest BCUT2D eigenvalue weighted by atomic mass is 16.3. The lowest BCUT2D eigenvalue weighted by Gasteiger charge is -2.37. The van der Waals surface area contributed by atoms with Gasteiger partial charge in [-0.3, -0.25) is 0 Å². The Hall–Kier alpha value is -0.560. The molecular weight excluding hydrogens is 268 g/mol. The van der Waals surface area contributed by atoms with E-state index in [1.54, 1.807) is 16.7 Å². The van der Waals surface area contributed by atoms with Crippen LogP contribution in [0, 0.1) is 29.1 Å². The van der Waals surface area contributed by atoms with Gasteiger partial charge in [0.1, 0.15) is 0 Å². The monoisotopic (exact) mass is 302 g/mol. The highest BCUT2D eigenvalue weighted by Gasteiger charge is 2.44. The lowest BCUT2D eigenvalue weighted by atomic mass is 9.70. The molecular formula is C21H34O. The second-order valence-corrected chi connectivity index (χ2v) is 8.64. The molecule has 3 aliphatic rings. The van der Waals surface area contributed by atoms with E-state index < -0.39 is 0 Å². The Morgan fingerprint density at radius 1 is 1.32 bits per heavy atom. The first kappa shape index (κ1) is 16.3. The minimum absolute atomic E-state index is 0.162. The molecule has 0 aromatic rings. The SMILES string of the molecule is CCC1CCC2/C1=C\C1(C)CCC(C(C)C)=C1CC(O)C2C. The molecule has 124 valence electrons. The van der Waals surface area contributed by atoms with E-state index in [1.807, 2.05) is 0 Å². The van der Waals surface area contributed by atoms with Gasteiger partial charge in [0.25, 0.3) is 0 Å². The van der Waals surface area contributed by atoms with Crippen molar-refractivity contribution in [1.29, 1.82) is 0 Å². The highest BCUT2D eigenvalue weighted by Crippen LogP contribution is 2.54. The number of allylic oxidation sites excluding steroid dienone is 3. The van der Waals surface area contributed by atoms with Gasteiger partial charge < -0.3 is 5.11 Å². The van der Waals surface area contributed by atoms with E-state index in [4.69, 9.17) is 0 Å². The van der Waals surface area contributed by atoms with E-state index >= 15 is 0 Å². The number of hydrogen-bond donors (Lipinski definition) is 1. The predicted octanol–water partition coefficient (Wildman–Crippen LogP) is 5.50. The van der Waals surface area contributed by atoms with Gasteiger partial charge in [-0.1, -0.05) is 57.4 Å². The van der Waals surface area contributed by atoms with Crippen LogP contribution in [-0.2, 0) is 0 Å². The molecule has 22 heavy (non-hydrogen) atoms. The lowest BCUT2D eigenvalue weighted by Crippen LogP contribution is -2.31. The highest BCUT2D eigenvalue weighted by molar-refractivity contribution is 5.38.